The lowest BCUT2D eigenvalue weighted by Gasteiger charge is -2.07. The molecule has 0 aliphatic heterocycles. The maximum Gasteiger partial charge on any atom is 0.433 e. The van der Waals surface area contributed by atoms with Crippen molar-refractivity contribution in [1.29, 1.82) is 5.26 Å². The minimum absolute atomic E-state index is 0.0419. The molecule has 0 fully saturated rings. The van der Waals surface area contributed by atoms with E-state index in [-0.39, 0.29) is 17.7 Å². The molecule has 0 atom stereocenters. The number of rotatable bonds is 1. The quantitative estimate of drug-likeness (QED) is 0.666. The monoisotopic (exact) mass is 210 g/mol. The van der Waals surface area contributed by atoms with Gasteiger partial charge in [0.05, 0.1) is 0 Å². The zero-order chi connectivity index (χ0) is 11.5. The van der Waals surface area contributed by atoms with Gasteiger partial charge >= 0.3 is 6.18 Å². The molecule has 0 aliphatic carbocycles. The molecule has 0 N–H and O–H groups in total. The third-order valence-corrected chi connectivity index (χ3v) is 1.60. The minimum Gasteiger partial charge on any atom is -0.233 e. The molecule has 0 amide bonds. The summed E-state index contributed by atoms with van der Waals surface area (Å²) >= 11 is 0. The van der Waals surface area contributed by atoms with Gasteiger partial charge in [-0.3, -0.25) is 0 Å². The SMILES string of the molecule is C#CCc1cc(C#N)nc(C(F)(F)F)c1. The van der Waals surface area contributed by atoms with E-state index < -0.39 is 11.9 Å². The molecule has 1 heterocycles. The standard InChI is InChI=1S/C10H5F3N2/c1-2-3-7-4-8(6-14)15-9(5-7)10(11,12)13/h1,4-5H,3H2. The van der Waals surface area contributed by atoms with Crippen molar-refractivity contribution >= 4 is 0 Å². The van der Waals surface area contributed by atoms with E-state index in [9.17, 15) is 13.2 Å². The molecule has 5 heteroatoms. The summed E-state index contributed by atoms with van der Waals surface area (Å²) in [5.74, 6) is 2.21. The number of pyridine rings is 1. The summed E-state index contributed by atoms with van der Waals surface area (Å²) in [7, 11) is 0. The van der Waals surface area contributed by atoms with Crippen molar-refractivity contribution in [2.75, 3.05) is 0 Å². The molecule has 15 heavy (non-hydrogen) atoms. The first kappa shape index (κ1) is 11.1. The summed E-state index contributed by atoms with van der Waals surface area (Å²) in [6.45, 7) is 0. The molecule has 0 aromatic carbocycles. The van der Waals surface area contributed by atoms with Crippen LogP contribution < -0.4 is 0 Å². The van der Waals surface area contributed by atoms with Crippen LogP contribution >= 0.6 is 0 Å². The van der Waals surface area contributed by atoms with Crippen LogP contribution in [-0.2, 0) is 12.6 Å². The van der Waals surface area contributed by atoms with Crippen LogP contribution in [0.4, 0.5) is 13.2 Å². The van der Waals surface area contributed by atoms with Crippen molar-refractivity contribution in [3.63, 3.8) is 0 Å². The fourth-order valence-corrected chi connectivity index (χ4v) is 1.01. The van der Waals surface area contributed by atoms with Crippen LogP contribution in [0.15, 0.2) is 12.1 Å². The van der Waals surface area contributed by atoms with Gasteiger partial charge in [0, 0.05) is 6.42 Å². The Morgan fingerprint density at radius 1 is 1.40 bits per heavy atom. The minimum atomic E-state index is -4.56. The lowest BCUT2D eigenvalue weighted by molar-refractivity contribution is -0.141. The maximum atomic E-state index is 12.3. The van der Waals surface area contributed by atoms with Crippen molar-refractivity contribution in [2.45, 2.75) is 12.6 Å². The van der Waals surface area contributed by atoms with Crippen LogP contribution in [0.2, 0.25) is 0 Å². The van der Waals surface area contributed by atoms with Gasteiger partial charge in [-0.1, -0.05) is 0 Å². The van der Waals surface area contributed by atoms with Crippen LogP contribution in [-0.4, -0.2) is 4.98 Å². The predicted molar refractivity (Wildman–Crippen MR) is 46.5 cm³/mol. The summed E-state index contributed by atoms with van der Waals surface area (Å²) in [5.41, 5.74) is -1.11. The molecular formula is C10H5F3N2. The molecule has 0 radical (unpaired) electrons. The van der Waals surface area contributed by atoms with E-state index in [2.05, 4.69) is 10.9 Å². The number of nitrogens with zero attached hydrogens (tertiary/aromatic N) is 2. The van der Waals surface area contributed by atoms with E-state index in [0.717, 1.165) is 6.07 Å². The van der Waals surface area contributed by atoms with Gasteiger partial charge in [0.25, 0.3) is 0 Å². The number of hydrogen-bond acceptors (Lipinski definition) is 2. The van der Waals surface area contributed by atoms with Crippen molar-refractivity contribution in [2.24, 2.45) is 0 Å². The van der Waals surface area contributed by atoms with E-state index in [0.29, 0.717) is 0 Å². The lowest BCUT2D eigenvalue weighted by atomic mass is 10.1. The molecule has 0 aliphatic rings. The highest BCUT2D eigenvalue weighted by atomic mass is 19.4. The highest BCUT2D eigenvalue weighted by Gasteiger charge is 2.33. The number of alkyl halides is 3. The van der Waals surface area contributed by atoms with Gasteiger partial charge in [-0.25, -0.2) is 4.98 Å². The van der Waals surface area contributed by atoms with Gasteiger partial charge in [-0.2, -0.15) is 18.4 Å². The summed E-state index contributed by atoms with van der Waals surface area (Å²) in [6, 6.07) is 3.65. The van der Waals surface area contributed by atoms with Crippen LogP contribution in [0.25, 0.3) is 0 Å². The molecule has 0 saturated heterocycles. The van der Waals surface area contributed by atoms with Gasteiger partial charge in [-0.15, -0.1) is 12.3 Å². The van der Waals surface area contributed by atoms with Gasteiger partial charge in [-0.05, 0) is 17.7 Å². The van der Waals surface area contributed by atoms with E-state index in [1.165, 1.54) is 6.07 Å². The molecule has 1 aromatic heterocycles. The fourth-order valence-electron chi connectivity index (χ4n) is 1.01. The highest BCUT2D eigenvalue weighted by molar-refractivity contribution is 5.31. The fraction of sp³-hybridized carbons (Fsp3) is 0.200. The second kappa shape index (κ2) is 4.02. The summed E-state index contributed by atoms with van der Waals surface area (Å²) in [6.07, 6.45) is 0.459. The average molecular weight is 210 g/mol. The Morgan fingerprint density at radius 3 is 2.53 bits per heavy atom. The van der Waals surface area contributed by atoms with E-state index in [1.807, 2.05) is 0 Å². The van der Waals surface area contributed by atoms with E-state index in [1.54, 1.807) is 6.07 Å². The third kappa shape index (κ3) is 2.72. The maximum absolute atomic E-state index is 12.3. The summed E-state index contributed by atoms with van der Waals surface area (Å²) in [4.78, 5) is 3.15. The van der Waals surface area contributed by atoms with Crippen LogP contribution in [0.5, 0.6) is 0 Å². The van der Waals surface area contributed by atoms with Crippen LogP contribution in [0.1, 0.15) is 17.0 Å². The number of nitriles is 1. The Balaban J connectivity index is 3.26. The first-order valence-corrected chi connectivity index (χ1v) is 3.89. The largest absolute Gasteiger partial charge is 0.433 e. The average Bonchev–Trinajstić information content (AvgIpc) is 2.16. The van der Waals surface area contributed by atoms with Crippen LogP contribution in [0, 0.1) is 23.7 Å². The Morgan fingerprint density at radius 2 is 2.07 bits per heavy atom. The molecule has 1 aromatic rings. The van der Waals surface area contributed by atoms with Gasteiger partial charge < -0.3 is 0 Å². The number of terminal acetylenes is 1. The Labute approximate surface area is 84.4 Å². The number of aromatic nitrogens is 1. The molecule has 1 rings (SSSR count). The van der Waals surface area contributed by atoms with E-state index in [4.69, 9.17) is 11.7 Å². The second-order valence-electron chi connectivity index (χ2n) is 2.74. The molecule has 76 valence electrons. The van der Waals surface area contributed by atoms with Crippen molar-refractivity contribution in [3.05, 3.63) is 29.1 Å². The molecular weight excluding hydrogens is 205 g/mol. The first-order chi connectivity index (χ1) is 6.97. The first-order valence-electron chi connectivity index (χ1n) is 3.89. The lowest BCUT2D eigenvalue weighted by Crippen LogP contribution is -2.09. The smallest absolute Gasteiger partial charge is 0.233 e. The Hall–Kier alpha value is -2.01. The van der Waals surface area contributed by atoms with Crippen molar-refractivity contribution in [1.82, 2.24) is 4.98 Å². The highest BCUT2D eigenvalue weighted by Crippen LogP contribution is 2.28. The van der Waals surface area contributed by atoms with Crippen molar-refractivity contribution in [3.8, 4) is 18.4 Å². The van der Waals surface area contributed by atoms with Gasteiger partial charge in [0.1, 0.15) is 17.5 Å². The number of hydrogen-bond donors (Lipinski definition) is 0. The van der Waals surface area contributed by atoms with Gasteiger partial charge in [0.2, 0.25) is 0 Å². The molecule has 0 spiro atoms. The second-order valence-corrected chi connectivity index (χ2v) is 2.74. The predicted octanol–water partition coefficient (Wildman–Crippen LogP) is 2.15. The number of halogens is 3. The van der Waals surface area contributed by atoms with Crippen molar-refractivity contribution < 1.29 is 13.2 Å². The molecule has 0 unspecified atom stereocenters. The normalized spacial score (nSPS) is 10.5. The van der Waals surface area contributed by atoms with E-state index >= 15 is 0 Å². The Bertz CT molecular complexity index is 449. The zero-order valence-electron chi connectivity index (χ0n) is 7.47. The van der Waals surface area contributed by atoms with Crippen LogP contribution in [0.3, 0.4) is 0 Å². The Kier molecular flexibility index (Phi) is 2.96. The van der Waals surface area contributed by atoms with Gasteiger partial charge in [0.15, 0.2) is 0 Å². The molecule has 0 saturated carbocycles. The molecule has 2 nitrogen and oxygen atoms in total. The zero-order valence-corrected chi connectivity index (χ0v) is 7.47. The third-order valence-electron chi connectivity index (χ3n) is 1.60. The molecule has 0 bridgehead atoms. The summed E-state index contributed by atoms with van der Waals surface area (Å²) in [5, 5.41) is 8.49. The topological polar surface area (TPSA) is 36.7 Å². The summed E-state index contributed by atoms with van der Waals surface area (Å²) < 4.78 is 36.9.